The lowest BCUT2D eigenvalue weighted by molar-refractivity contribution is 0.652. The van der Waals surface area contributed by atoms with E-state index in [1.165, 1.54) is 5.69 Å². The molecule has 0 heterocycles. The molecule has 0 radical (unpaired) electrons. The molecule has 0 aliphatic carbocycles. The molecule has 0 spiro atoms. The van der Waals surface area contributed by atoms with E-state index < -0.39 is 0 Å². The average molecular weight is 241 g/mol. The lowest BCUT2D eigenvalue weighted by Crippen LogP contribution is -2.22. The van der Waals surface area contributed by atoms with Crippen LogP contribution in [0.4, 0.5) is 5.69 Å². The smallest absolute Gasteiger partial charge is 0.0474 e. The molecule has 0 saturated heterocycles. The summed E-state index contributed by atoms with van der Waals surface area (Å²) in [4.78, 5) is 2.29. The van der Waals surface area contributed by atoms with Gasteiger partial charge in [-0.1, -0.05) is 17.7 Å². The van der Waals surface area contributed by atoms with Gasteiger partial charge in [0.05, 0.1) is 0 Å². The van der Waals surface area contributed by atoms with Crippen LogP contribution in [0.5, 0.6) is 0 Å². The normalized spacial score (nSPS) is 12.6. The molecule has 1 aromatic rings. The van der Waals surface area contributed by atoms with E-state index in [4.69, 9.17) is 11.6 Å². The SMILES string of the molecule is CCN(CC)c1ccc(C(C)NC)c(Cl)c1. The highest BCUT2D eigenvalue weighted by Crippen LogP contribution is 2.27. The summed E-state index contributed by atoms with van der Waals surface area (Å²) in [5.41, 5.74) is 2.35. The number of hydrogen-bond donors (Lipinski definition) is 1. The fourth-order valence-electron chi connectivity index (χ4n) is 1.81. The number of hydrogen-bond acceptors (Lipinski definition) is 2. The molecule has 0 amide bonds. The molecule has 2 nitrogen and oxygen atoms in total. The van der Waals surface area contributed by atoms with Gasteiger partial charge in [0.1, 0.15) is 0 Å². The quantitative estimate of drug-likeness (QED) is 0.848. The number of rotatable bonds is 5. The van der Waals surface area contributed by atoms with Gasteiger partial charge in [-0.15, -0.1) is 0 Å². The third-order valence-corrected chi connectivity index (χ3v) is 3.34. The molecule has 1 rings (SSSR count). The van der Waals surface area contributed by atoms with Gasteiger partial charge in [0.2, 0.25) is 0 Å². The Hall–Kier alpha value is -0.730. The highest BCUT2D eigenvalue weighted by Gasteiger charge is 2.09. The standard InChI is InChI=1S/C13H21ClN2/c1-5-16(6-2)11-7-8-12(10(3)15-4)13(14)9-11/h7-10,15H,5-6H2,1-4H3. The molecule has 0 aromatic heterocycles. The summed E-state index contributed by atoms with van der Waals surface area (Å²) in [6.07, 6.45) is 0. The summed E-state index contributed by atoms with van der Waals surface area (Å²) in [5.74, 6) is 0. The van der Waals surface area contributed by atoms with E-state index in [9.17, 15) is 0 Å². The molecule has 0 aliphatic heterocycles. The molecule has 0 aliphatic rings. The second-order valence-electron chi connectivity index (χ2n) is 3.89. The van der Waals surface area contributed by atoms with Gasteiger partial charge in [0, 0.05) is 29.8 Å². The summed E-state index contributed by atoms with van der Waals surface area (Å²) in [7, 11) is 1.94. The third-order valence-electron chi connectivity index (χ3n) is 3.01. The molecule has 0 saturated carbocycles. The summed E-state index contributed by atoms with van der Waals surface area (Å²) in [5, 5.41) is 4.04. The van der Waals surface area contributed by atoms with Crippen LogP contribution in [0.15, 0.2) is 18.2 Å². The van der Waals surface area contributed by atoms with Crippen LogP contribution in [0.2, 0.25) is 5.02 Å². The first-order valence-electron chi connectivity index (χ1n) is 5.85. The zero-order valence-corrected chi connectivity index (χ0v) is 11.3. The Kier molecular flexibility index (Phi) is 5.10. The van der Waals surface area contributed by atoms with Crippen molar-refractivity contribution < 1.29 is 0 Å². The van der Waals surface area contributed by atoms with Gasteiger partial charge in [-0.25, -0.2) is 0 Å². The highest BCUT2D eigenvalue weighted by molar-refractivity contribution is 6.31. The Labute approximate surface area is 104 Å². The van der Waals surface area contributed by atoms with Gasteiger partial charge >= 0.3 is 0 Å². The second kappa shape index (κ2) is 6.12. The molecule has 0 bridgehead atoms. The first kappa shape index (κ1) is 13.3. The predicted octanol–water partition coefficient (Wildman–Crippen LogP) is 3.47. The molecular formula is C13H21ClN2. The number of anilines is 1. The Morgan fingerprint density at radius 2 is 1.94 bits per heavy atom. The van der Waals surface area contributed by atoms with Gasteiger partial charge in [-0.05, 0) is 45.5 Å². The van der Waals surface area contributed by atoms with Crippen LogP contribution in [0, 0.1) is 0 Å². The Balaban J connectivity index is 2.98. The topological polar surface area (TPSA) is 15.3 Å². The zero-order valence-electron chi connectivity index (χ0n) is 10.5. The lowest BCUT2D eigenvalue weighted by atomic mass is 10.1. The first-order chi connectivity index (χ1) is 7.63. The first-order valence-corrected chi connectivity index (χ1v) is 6.23. The highest BCUT2D eigenvalue weighted by atomic mass is 35.5. The average Bonchev–Trinajstić information content (AvgIpc) is 2.30. The van der Waals surface area contributed by atoms with Crippen LogP contribution in [0.3, 0.4) is 0 Å². The summed E-state index contributed by atoms with van der Waals surface area (Å²) >= 11 is 6.29. The van der Waals surface area contributed by atoms with E-state index in [0.29, 0.717) is 6.04 Å². The van der Waals surface area contributed by atoms with Gasteiger partial charge < -0.3 is 10.2 Å². The zero-order chi connectivity index (χ0) is 12.1. The van der Waals surface area contributed by atoms with Crippen molar-refractivity contribution in [1.82, 2.24) is 5.32 Å². The summed E-state index contributed by atoms with van der Waals surface area (Å²) < 4.78 is 0. The van der Waals surface area contributed by atoms with Crippen molar-refractivity contribution in [2.75, 3.05) is 25.0 Å². The maximum Gasteiger partial charge on any atom is 0.0474 e. The fourth-order valence-corrected chi connectivity index (χ4v) is 2.15. The molecule has 16 heavy (non-hydrogen) atoms. The van der Waals surface area contributed by atoms with Gasteiger partial charge in [-0.3, -0.25) is 0 Å². The minimum atomic E-state index is 0.290. The maximum atomic E-state index is 6.29. The van der Waals surface area contributed by atoms with E-state index in [1.807, 2.05) is 7.05 Å². The van der Waals surface area contributed by atoms with E-state index in [0.717, 1.165) is 23.7 Å². The van der Waals surface area contributed by atoms with E-state index in [1.54, 1.807) is 0 Å². The van der Waals surface area contributed by atoms with Crippen LogP contribution in [0.25, 0.3) is 0 Å². The van der Waals surface area contributed by atoms with Gasteiger partial charge in [-0.2, -0.15) is 0 Å². The number of nitrogens with zero attached hydrogens (tertiary/aromatic N) is 1. The second-order valence-corrected chi connectivity index (χ2v) is 4.30. The molecule has 90 valence electrons. The largest absolute Gasteiger partial charge is 0.372 e. The molecule has 1 unspecified atom stereocenters. The number of benzene rings is 1. The van der Waals surface area contributed by atoms with Crippen molar-refractivity contribution in [2.45, 2.75) is 26.8 Å². The van der Waals surface area contributed by atoms with Crippen LogP contribution in [0.1, 0.15) is 32.4 Å². The van der Waals surface area contributed by atoms with Crippen molar-refractivity contribution in [1.29, 1.82) is 0 Å². The minimum absolute atomic E-state index is 0.290. The van der Waals surface area contributed by atoms with Crippen molar-refractivity contribution >= 4 is 17.3 Å². The van der Waals surface area contributed by atoms with Crippen LogP contribution in [-0.4, -0.2) is 20.1 Å². The van der Waals surface area contributed by atoms with Gasteiger partial charge in [0.15, 0.2) is 0 Å². The monoisotopic (exact) mass is 240 g/mol. The molecule has 1 atom stereocenters. The molecule has 0 fully saturated rings. The molecule has 1 N–H and O–H groups in total. The lowest BCUT2D eigenvalue weighted by Gasteiger charge is -2.22. The van der Waals surface area contributed by atoms with Crippen molar-refractivity contribution in [3.8, 4) is 0 Å². The minimum Gasteiger partial charge on any atom is -0.372 e. The molecular weight excluding hydrogens is 220 g/mol. The van der Waals surface area contributed by atoms with E-state index in [2.05, 4.69) is 49.2 Å². The van der Waals surface area contributed by atoms with Crippen molar-refractivity contribution in [3.63, 3.8) is 0 Å². The number of nitrogens with one attached hydrogen (secondary N) is 1. The van der Waals surface area contributed by atoms with Crippen LogP contribution < -0.4 is 10.2 Å². The summed E-state index contributed by atoms with van der Waals surface area (Å²) in [6.45, 7) is 8.43. The number of halogens is 1. The predicted molar refractivity (Wildman–Crippen MR) is 72.5 cm³/mol. The maximum absolute atomic E-state index is 6.29. The van der Waals surface area contributed by atoms with Crippen LogP contribution >= 0.6 is 11.6 Å². The van der Waals surface area contributed by atoms with E-state index >= 15 is 0 Å². The van der Waals surface area contributed by atoms with E-state index in [-0.39, 0.29) is 0 Å². The summed E-state index contributed by atoms with van der Waals surface area (Å²) in [6, 6.07) is 6.59. The Morgan fingerprint density at radius 3 is 2.38 bits per heavy atom. The molecule has 3 heteroatoms. The molecule has 1 aromatic carbocycles. The van der Waals surface area contributed by atoms with Gasteiger partial charge in [0.25, 0.3) is 0 Å². The Bertz CT molecular complexity index is 335. The third kappa shape index (κ3) is 2.89. The van der Waals surface area contributed by atoms with Crippen molar-refractivity contribution in [2.24, 2.45) is 0 Å². The Morgan fingerprint density at radius 1 is 1.31 bits per heavy atom. The van der Waals surface area contributed by atoms with Crippen molar-refractivity contribution in [3.05, 3.63) is 28.8 Å². The van der Waals surface area contributed by atoms with Crippen LogP contribution in [-0.2, 0) is 0 Å². The fraction of sp³-hybridized carbons (Fsp3) is 0.538.